The molecule has 1 aromatic rings. The van der Waals surface area contributed by atoms with Gasteiger partial charge in [0.2, 0.25) is 0 Å². The van der Waals surface area contributed by atoms with Crippen LogP contribution in [0.3, 0.4) is 0 Å². The SMILES string of the molecule is CN(C)C(C)(CC(=O)O)c1ccc(F)cn1. The van der Waals surface area contributed by atoms with Gasteiger partial charge in [0.25, 0.3) is 0 Å². The van der Waals surface area contributed by atoms with Gasteiger partial charge in [-0.05, 0) is 33.2 Å². The van der Waals surface area contributed by atoms with Crippen LogP contribution >= 0.6 is 0 Å². The molecule has 4 nitrogen and oxygen atoms in total. The highest BCUT2D eigenvalue weighted by molar-refractivity contribution is 5.68. The topological polar surface area (TPSA) is 53.4 Å². The molecule has 1 atom stereocenters. The summed E-state index contributed by atoms with van der Waals surface area (Å²) in [6.45, 7) is 1.77. The van der Waals surface area contributed by atoms with E-state index >= 15 is 0 Å². The van der Waals surface area contributed by atoms with Crippen LogP contribution in [-0.2, 0) is 10.3 Å². The van der Waals surface area contributed by atoms with Crippen LogP contribution in [0, 0.1) is 5.82 Å². The lowest BCUT2D eigenvalue weighted by atomic mass is 9.91. The summed E-state index contributed by atoms with van der Waals surface area (Å²) in [5, 5.41) is 8.89. The molecule has 0 bridgehead atoms. The molecule has 1 heterocycles. The zero-order chi connectivity index (χ0) is 12.3. The van der Waals surface area contributed by atoms with Gasteiger partial charge in [0.05, 0.1) is 23.9 Å². The molecule has 1 aromatic heterocycles. The number of hydrogen-bond donors (Lipinski definition) is 1. The molecule has 88 valence electrons. The van der Waals surface area contributed by atoms with Gasteiger partial charge in [-0.15, -0.1) is 0 Å². The Morgan fingerprint density at radius 3 is 2.56 bits per heavy atom. The number of carboxylic acids is 1. The maximum atomic E-state index is 12.7. The molecule has 16 heavy (non-hydrogen) atoms. The molecule has 1 rings (SSSR count). The predicted molar refractivity (Wildman–Crippen MR) is 57.5 cm³/mol. The summed E-state index contributed by atoms with van der Waals surface area (Å²) in [6, 6.07) is 2.80. The maximum absolute atomic E-state index is 12.7. The predicted octanol–water partition coefficient (Wildman–Crippen LogP) is 1.47. The number of carboxylic acid groups (broad SMARTS) is 1. The minimum absolute atomic E-state index is 0.0847. The van der Waals surface area contributed by atoms with E-state index in [-0.39, 0.29) is 6.42 Å². The summed E-state index contributed by atoms with van der Waals surface area (Å²) in [4.78, 5) is 16.5. The van der Waals surface area contributed by atoms with Gasteiger partial charge in [-0.1, -0.05) is 0 Å². The summed E-state index contributed by atoms with van der Waals surface area (Å²) in [5.41, 5.74) is -0.194. The van der Waals surface area contributed by atoms with Crippen molar-refractivity contribution in [3.63, 3.8) is 0 Å². The van der Waals surface area contributed by atoms with E-state index in [4.69, 9.17) is 5.11 Å². The highest BCUT2D eigenvalue weighted by atomic mass is 19.1. The van der Waals surface area contributed by atoms with Crippen molar-refractivity contribution in [1.82, 2.24) is 9.88 Å². The van der Waals surface area contributed by atoms with Crippen molar-refractivity contribution in [2.24, 2.45) is 0 Å². The minimum atomic E-state index is -0.915. The van der Waals surface area contributed by atoms with Crippen molar-refractivity contribution in [3.05, 3.63) is 29.8 Å². The molecule has 1 unspecified atom stereocenters. The van der Waals surface area contributed by atoms with Crippen LogP contribution in [0.4, 0.5) is 4.39 Å². The molecule has 0 aliphatic carbocycles. The first-order valence-electron chi connectivity index (χ1n) is 4.87. The van der Waals surface area contributed by atoms with Crippen LogP contribution in [-0.4, -0.2) is 35.1 Å². The smallest absolute Gasteiger partial charge is 0.305 e. The molecular formula is C11H15FN2O2. The number of nitrogens with zero attached hydrogens (tertiary/aromatic N) is 2. The second-order valence-corrected chi connectivity index (χ2v) is 4.10. The molecule has 0 spiro atoms. The Kier molecular flexibility index (Phi) is 3.59. The van der Waals surface area contributed by atoms with Gasteiger partial charge in [-0.3, -0.25) is 14.7 Å². The molecule has 5 heteroatoms. The lowest BCUT2D eigenvalue weighted by Gasteiger charge is -2.34. The second-order valence-electron chi connectivity index (χ2n) is 4.10. The van der Waals surface area contributed by atoms with Crippen LogP contribution in [0.15, 0.2) is 18.3 Å². The first-order chi connectivity index (χ1) is 7.36. The van der Waals surface area contributed by atoms with Crippen LogP contribution in [0.25, 0.3) is 0 Å². The van der Waals surface area contributed by atoms with E-state index in [2.05, 4.69) is 4.98 Å². The zero-order valence-electron chi connectivity index (χ0n) is 9.57. The molecule has 0 fully saturated rings. The van der Waals surface area contributed by atoms with Gasteiger partial charge in [0.15, 0.2) is 0 Å². The van der Waals surface area contributed by atoms with Gasteiger partial charge < -0.3 is 5.11 Å². The second kappa shape index (κ2) is 4.57. The quantitative estimate of drug-likeness (QED) is 0.844. The van der Waals surface area contributed by atoms with E-state index in [1.165, 1.54) is 12.1 Å². The number of aromatic nitrogens is 1. The summed E-state index contributed by atoms with van der Waals surface area (Å²) >= 11 is 0. The van der Waals surface area contributed by atoms with Crippen molar-refractivity contribution in [3.8, 4) is 0 Å². The Morgan fingerprint density at radius 2 is 2.19 bits per heavy atom. The Morgan fingerprint density at radius 1 is 1.56 bits per heavy atom. The van der Waals surface area contributed by atoms with E-state index in [0.717, 1.165) is 6.20 Å². The molecule has 0 aliphatic heterocycles. The molecule has 0 saturated carbocycles. The number of aliphatic carboxylic acids is 1. The fourth-order valence-electron chi connectivity index (χ4n) is 1.47. The van der Waals surface area contributed by atoms with Crippen LogP contribution < -0.4 is 0 Å². The van der Waals surface area contributed by atoms with Crippen molar-refractivity contribution in [2.45, 2.75) is 18.9 Å². The lowest BCUT2D eigenvalue weighted by Crippen LogP contribution is -2.41. The number of halogens is 1. The van der Waals surface area contributed by atoms with Crippen LogP contribution in [0.5, 0.6) is 0 Å². The van der Waals surface area contributed by atoms with Gasteiger partial charge in [0.1, 0.15) is 5.82 Å². The first-order valence-corrected chi connectivity index (χ1v) is 4.87. The highest BCUT2D eigenvalue weighted by Gasteiger charge is 2.33. The Balaban J connectivity index is 3.10. The third kappa shape index (κ3) is 2.55. The van der Waals surface area contributed by atoms with Gasteiger partial charge in [-0.2, -0.15) is 0 Å². The fourth-order valence-corrected chi connectivity index (χ4v) is 1.47. The normalized spacial score (nSPS) is 14.8. The Bertz CT molecular complexity index is 378. The molecular weight excluding hydrogens is 211 g/mol. The van der Waals surface area contributed by atoms with Gasteiger partial charge >= 0.3 is 5.97 Å². The number of pyridine rings is 1. The molecule has 0 aromatic carbocycles. The van der Waals surface area contributed by atoms with E-state index in [0.29, 0.717) is 5.69 Å². The summed E-state index contributed by atoms with van der Waals surface area (Å²) in [7, 11) is 3.54. The van der Waals surface area contributed by atoms with Crippen molar-refractivity contribution in [2.75, 3.05) is 14.1 Å². The molecule has 1 N–H and O–H groups in total. The van der Waals surface area contributed by atoms with E-state index in [9.17, 15) is 9.18 Å². The first kappa shape index (κ1) is 12.6. The van der Waals surface area contributed by atoms with Gasteiger partial charge in [0, 0.05) is 0 Å². The zero-order valence-corrected chi connectivity index (χ0v) is 9.57. The van der Waals surface area contributed by atoms with Crippen LogP contribution in [0.2, 0.25) is 0 Å². The third-order valence-corrected chi connectivity index (χ3v) is 2.76. The van der Waals surface area contributed by atoms with Gasteiger partial charge in [-0.25, -0.2) is 4.39 Å². The minimum Gasteiger partial charge on any atom is -0.481 e. The Labute approximate surface area is 93.7 Å². The lowest BCUT2D eigenvalue weighted by molar-refractivity contribution is -0.140. The van der Waals surface area contributed by atoms with E-state index in [1.54, 1.807) is 25.9 Å². The number of rotatable bonds is 4. The highest BCUT2D eigenvalue weighted by Crippen LogP contribution is 2.28. The average molecular weight is 226 g/mol. The van der Waals surface area contributed by atoms with Crippen molar-refractivity contribution >= 4 is 5.97 Å². The molecule has 0 aliphatic rings. The Hall–Kier alpha value is -1.49. The van der Waals surface area contributed by atoms with Crippen molar-refractivity contribution < 1.29 is 14.3 Å². The van der Waals surface area contributed by atoms with E-state index < -0.39 is 17.3 Å². The van der Waals surface area contributed by atoms with Crippen molar-refractivity contribution in [1.29, 1.82) is 0 Å². The summed E-state index contributed by atoms with van der Waals surface area (Å²) < 4.78 is 12.7. The maximum Gasteiger partial charge on any atom is 0.305 e. The largest absolute Gasteiger partial charge is 0.481 e. The summed E-state index contributed by atoms with van der Waals surface area (Å²) in [6.07, 6.45) is 1.01. The summed E-state index contributed by atoms with van der Waals surface area (Å²) in [5.74, 6) is -1.34. The molecule has 0 amide bonds. The molecule has 0 saturated heterocycles. The fraction of sp³-hybridized carbons (Fsp3) is 0.455. The molecule has 0 radical (unpaired) electrons. The van der Waals surface area contributed by atoms with E-state index in [1.807, 2.05) is 0 Å². The average Bonchev–Trinajstić information content (AvgIpc) is 2.17. The number of carbonyl (C=O) groups is 1. The monoisotopic (exact) mass is 226 g/mol. The third-order valence-electron chi connectivity index (χ3n) is 2.76. The standard InChI is InChI=1S/C11H15FN2O2/c1-11(14(2)3,6-10(15)16)9-5-4-8(12)7-13-9/h4-5,7H,6H2,1-3H3,(H,15,16). The number of hydrogen-bond acceptors (Lipinski definition) is 3. The van der Waals surface area contributed by atoms with Crippen LogP contribution in [0.1, 0.15) is 19.0 Å².